The van der Waals surface area contributed by atoms with Crippen LogP contribution < -0.4 is 0 Å². The number of halogens is 1. The molecule has 0 radical (unpaired) electrons. The van der Waals surface area contributed by atoms with Crippen LogP contribution >= 0.6 is 36.4 Å². The predicted molar refractivity (Wildman–Crippen MR) is 80.6 cm³/mol. The SMILES string of the molecule is CCC(C#N)CC1=CC=CC(C(=S)S)C1(C)Cl. The summed E-state index contributed by atoms with van der Waals surface area (Å²) >= 11 is 16.0. The molecule has 0 aromatic rings. The number of rotatable bonds is 4. The van der Waals surface area contributed by atoms with Crippen molar-refractivity contribution in [3.05, 3.63) is 23.8 Å². The summed E-state index contributed by atoms with van der Waals surface area (Å²) in [5.74, 6) is -0.0429. The molecule has 0 saturated carbocycles. The Labute approximate surface area is 119 Å². The number of nitriles is 1. The summed E-state index contributed by atoms with van der Waals surface area (Å²) in [6, 6.07) is 2.31. The van der Waals surface area contributed by atoms with Gasteiger partial charge in [0.15, 0.2) is 0 Å². The molecule has 0 fully saturated rings. The van der Waals surface area contributed by atoms with E-state index in [4.69, 9.17) is 29.1 Å². The van der Waals surface area contributed by atoms with Gasteiger partial charge in [-0.05, 0) is 25.3 Å². The molecule has 0 bridgehead atoms. The molecule has 0 amide bonds. The number of nitrogens with zero attached hydrogens (tertiary/aromatic N) is 1. The van der Waals surface area contributed by atoms with Crippen LogP contribution in [0.2, 0.25) is 0 Å². The van der Waals surface area contributed by atoms with Gasteiger partial charge in [-0.3, -0.25) is 0 Å². The monoisotopic (exact) mass is 285 g/mol. The largest absolute Gasteiger partial charge is 0.198 e. The summed E-state index contributed by atoms with van der Waals surface area (Å²) in [5.41, 5.74) is 1.07. The third-order valence-electron chi connectivity index (χ3n) is 3.22. The lowest BCUT2D eigenvalue weighted by Crippen LogP contribution is -2.35. The van der Waals surface area contributed by atoms with Crippen molar-refractivity contribution in [3.8, 4) is 6.07 Å². The second-order valence-electron chi connectivity index (χ2n) is 4.41. The Morgan fingerprint density at radius 2 is 2.41 bits per heavy atom. The molecule has 0 spiro atoms. The summed E-state index contributed by atoms with van der Waals surface area (Å²) in [5, 5.41) is 9.02. The summed E-state index contributed by atoms with van der Waals surface area (Å²) in [7, 11) is 0. The van der Waals surface area contributed by atoms with Gasteiger partial charge in [-0.15, -0.1) is 24.2 Å². The maximum atomic E-state index is 9.02. The number of alkyl halides is 1. The fourth-order valence-electron chi connectivity index (χ4n) is 1.95. The Kier molecular flexibility index (Phi) is 5.24. The molecule has 1 aliphatic carbocycles. The zero-order chi connectivity index (χ0) is 13.1. The smallest absolute Gasteiger partial charge is 0.0746 e. The molecule has 0 aromatic heterocycles. The van der Waals surface area contributed by atoms with Gasteiger partial charge in [-0.25, -0.2) is 0 Å². The average molecular weight is 286 g/mol. The van der Waals surface area contributed by atoms with Crippen LogP contribution in [0.3, 0.4) is 0 Å². The van der Waals surface area contributed by atoms with Crippen molar-refractivity contribution in [2.24, 2.45) is 11.8 Å². The van der Waals surface area contributed by atoms with Crippen molar-refractivity contribution in [3.63, 3.8) is 0 Å². The third-order valence-corrected chi connectivity index (χ3v) is 4.23. The third kappa shape index (κ3) is 3.34. The van der Waals surface area contributed by atoms with Crippen LogP contribution in [0.25, 0.3) is 0 Å². The molecule has 1 nitrogen and oxygen atoms in total. The van der Waals surface area contributed by atoms with Gasteiger partial charge < -0.3 is 0 Å². The molecule has 4 heteroatoms. The highest BCUT2D eigenvalue weighted by Gasteiger charge is 2.37. The van der Waals surface area contributed by atoms with Crippen molar-refractivity contribution in [1.29, 1.82) is 5.26 Å². The van der Waals surface area contributed by atoms with Crippen molar-refractivity contribution >= 4 is 40.6 Å². The van der Waals surface area contributed by atoms with Gasteiger partial charge in [0.05, 0.1) is 15.1 Å². The van der Waals surface area contributed by atoms with Crippen LogP contribution in [-0.2, 0) is 0 Å². The Balaban J connectivity index is 2.93. The molecular formula is C13H16ClNS2. The molecular weight excluding hydrogens is 270 g/mol. The summed E-state index contributed by atoms with van der Waals surface area (Å²) in [4.78, 5) is -0.558. The molecule has 0 aromatic carbocycles. The fourth-order valence-corrected chi connectivity index (χ4v) is 3.08. The van der Waals surface area contributed by atoms with E-state index < -0.39 is 4.87 Å². The van der Waals surface area contributed by atoms with Gasteiger partial charge >= 0.3 is 0 Å². The number of thiocarbonyl (C=S) groups is 1. The normalized spacial score (nSPS) is 29.4. The minimum Gasteiger partial charge on any atom is -0.198 e. The van der Waals surface area contributed by atoms with Crippen molar-refractivity contribution in [1.82, 2.24) is 0 Å². The van der Waals surface area contributed by atoms with Gasteiger partial charge in [0, 0.05) is 11.8 Å². The van der Waals surface area contributed by atoms with E-state index in [-0.39, 0.29) is 11.8 Å². The number of hydrogen-bond acceptors (Lipinski definition) is 2. The Morgan fingerprint density at radius 3 is 2.88 bits per heavy atom. The van der Waals surface area contributed by atoms with Gasteiger partial charge in [-0.2, -0.15) is 5.26 Å². The fraction of sp³-hybridized carbons (Fsp3) is 0.538. The first-order valence-corrected chi connectivity index (χ1v) is 6.86. The second kappa shape index (κ2) is 6.04. The summed E-state index contributed by atoms with van der Waals surface area (Å²) < 4.78 is 0.592. The first kappa shape index (κ1) is 14.8. The molecule has 0 aliphatic heterocycles. The number of hydrogen-bond donors (Lipinski definition) is 1. The Hall–Kier alpha value is -0.300. The summed E-state index contributed by atoms with van der Waals surface area (Å²) in [6.07, 6.45) is 7.45. The number of thiol groups is 1. The van der Waals surface area contributed by atoms with E-state index >= 15 is 0 Å². The molecule has 0 N–H and O–H groups in total. The van der Waals surface area contributed by atoms with Crippen LogP contribution in [0.4, 0.5) is 0 Å². The maximum Gasteiger partial charge on any atom is 0.0746 e. The summed E-state index contributed by atoms with van der Waals surface area (Å²) in [6.45, 7) is 3.96. The second-order valence-corrected chi connectivity index (χ2v) is 6.42. The molecule has 92 valence electrons. The topological polar surface area (TPSA) is 23.8 Å². The van der Waals surface area contributed by atoms with E-state index in [0.717, 1.165) is 12.0 Å². The molecule has 3 unspecified atom stereocenters. The standard InChI is InChI=1S/C13H16ClNS2/c1-3-9(8-15)7-10-5-4-6-11(12(16)17)13(10,2)14/h4-6,9,11H,3,7H2,1-2H3,(H,16,17). The van der Waals surface area contributed by atoms with Gasteiger partial charge in [0.1, 0.15) is 0 Å². The highest BCUT2D eigenvalue weighted by atomic mass is 35.5. The van der Waals surface area contributed by atoms with E-state index in [0.29, 0.717) is 10.6 Å². The maximum absolute atomic E-state index is 9.02. The zero-order valence-corrected chi connectivity index (χ0v) is 12.4. The van der Waals surface area contributed by atoms with E-state index in [1.807, 2.05) is 32.1 Å². The molecule has 0 saturated heterocycles. The number of allylic oxidation sites excluding steroid dienone is 4. The first-order chi connectivity index (χ1) is 7.93. The highest BCUT2D eigenvalue weighted by molar-refractivity contribution is 8.11. The molecule has 1 rings (SSSR count). The average Bonchev–Trinajstić information content (AvgIpc) is 2.26. The van der Waals surface area contributed by atoms with Crippen LogP contribution in [0.1, 0.15) is 26.7 Å². The predicted octanol–water partition coefficient (Wildman–Crippen LogP) is 4.29. The van der Waals surface area contributed by atoms with Gasteiger partial charge in [0.2, 0.25) is 0 Å². The van der Waals surface area contributed by atoms with Crippen LogP contribution in [0.5, 0.6) is 0 Å². The highest BCUT2D eigenvalue weighted by Crippen LogP contribution is 2.41. The first-order valence-electron chi connectivity index (χ1n) is 5.62. The molecule has 0 heterocycles. The van der Waals surface area contributed by atoms with Gasteiger partial charge in [0.25, 0.3) is 0 Å². The zero-order valence-electron chi connectivity index (χ0n) is 9.98. The molecule has 1 aliphatic rings. The van der Waals surface area contributed by atoms with Crippen LogP contribution in [-0.4, -0.2) is 9.07 Å². The van der Waals surface area contributed by atoms with Crippen molar-refractivity contribution < 1.29 is 0 Å². The molecule has 3 atom stereocenters. The van der Waals surface area contributed by atoms with Crippen molar-refractivity contribution in [2.45, 2.75) is 31.6 Å². The van der Waals surface area contributed by atoms with E-state index in [1.165, 1.54) is 0 Å². The molecule has 17 heavy (non-hydrogen) atoms. The van der Waals surface area contributed by atoms with E-state index in [1.54, 1.807) is 0 Å². The lowest BCUT2D eigenvalue weighted by atomic mass is 9.79. The lowest BCUT2D eigenvalue weighted by Gasteiger charge is -2.35. The Bertz CT molecular complexity index is 404. The Morgan fingerprint density at radius 1 is 1.76 bits per heavy atom. The van der Waals surface area contributed by atoms with Gasteiger partial charge in [-0.1, -0.05) is 37.4 Å². The van der Waals surface area contributed by atoms with E-state index in [9.17, 15) is 0 Å². The van der Waals surface area contributed by atoms with Crippen LogP contribution in [0, 0.1) is 23.2 Å². The van der Waals surface area contributed by atoms with Crippen molar-refractivity contribution in [2.75, 3.05) is 0 Å². The quantitative estimate of drug-likeness (QED) is 0.473. The minimum absolute atomic E-state index is 0.0139. The lowest BCUT2D eigenvalue weighted by molar-refractivity contribution is 0.554. The van der Waals surface area contributed by atoms with Crippen LogP contribution in [0.15, 0.2) is 23.8 Å². The minimum atomic E-state index is -0.558. The van der Waals surface area contributed by atoms with E-state index in [2.05, 4.69) is 18.7 Å².